The monoisotopic (exact) mass is 316 g/mol. The lowest BCUT2D eigenvalue weighted by atomic mass is 9.98. The van der Waals surface area contributed by atoms with Gasteiger partial charge >= 0.3 is 6.18 Å². The molecule has 0 spiro atoms. The largest absolute Gasteiger partial charge is 0.408 e. The van der Waals surface area contributed by atoms with Crippen LogP contribution in [0, 0.1) is 25.2 Å². The molecule has 1 amide bonds. The van der Waals surface area contributed by atoms with E-state index < -0.39 is 18.6 Å². The number of carbonyl (C=O) groups is 1. The Morgan fingerprint density at radius 2 is 2.00 bits per heavy atom. The highest BCUT2D eigenvalue weighted by Gasteiger charge is 2.31. The van der Waals surface area contributed by atoms with Crippen molar-refractivity contribution in [2.24, 2.45) is 0 Å². The van der Waals surface area contributed by atoms with E-state index in [1.807, 2.05) is 6.07 Å². The van der Waals surface area contributed by atoms with E-state index in [1.54, 1.807) is 20.8 Å². The maximum Gasteiger partial charge on any atom is 0.408 e. The van der Waals surface area contributed by atoms with Crippen molar-refractivity contribution in [2.45, 2.75) is 58.8 Å². The molecule has 0 saturated heterocycles. The van der Waals surface area contributed by atoms with Crippen LogP contribution in [0.3, 0.4) is 0 Å². The molecule has 1 aromatic rings. The molecule has 122 valence electrons. The van der Waals surface area contributed by atoms with Crippen LogP contribution in [0.25, 0.3) is 0 Å². The van der Waals surface area contributed by atoms with Gasteiger partial charge in [0.15, 0.2) is 0 Å². The Labute approximate surface area is 127 Å². The minimum absolute atomic E-state index is 0.170. The highest BCUT2D eigenvalue weighted by atomic mass is 19.4. The molecule has 0 aromatic carbocycles. The summed E-state index contributed by atoms with van der Waals surface area (Å²) in [5, 5.41) is 15.1. The molecule has 1 N–H and O–H groups in total. The summed E-state index contributed by atoms with van der Waals surface area (Å²) in [6, 6.07) is 1.63. The minimum atomic E-state index is -4.37. The van der Waals surface area contributed by atoms with Crippen LogP contribution in [0.2, 0.25) is 0 Å². The molecule has 0 aliphatic heterocycles. The van der Waals surface area contributed by atoms with E-state index in [-0.39, 0.29) is 18.4 Å². The molecule has 0 saturated carbocycles. The van der Waals surface area contributed by atoms with E-state index in [4.69, 9.17) is 5.26 Å². The van der Waals surface area contributed by atoms with Gasteiger partial charge in [-0.1, -0.05) is 0 Å². The number of aromatic nitrogens is 2. The number of carbonyl (C=O) groups excluding carboxylic acids is 1. The van der Waals surface area contributed by atoms with Crippen molar-refractivity contribution in [3.05, 3.63) is 17.0 Å². The van der Waals surface area contributed by atoms with Crippen LogP contribution in [0.4, 0.5) is 13.2 Å². The average Bonchev–Trinajstić information content (AvgIpc) is 2.61. The molecule has 0 radical (unpaired) electrons. The van der Waals surface area contributed by atoms with Gasteiger partial charge < -0.3 is 5.32 Å². The highest BCUT2D eigenvalue weighted by molar-refractivity contribution is 5.84. The third kappa shape index (κ3) is 4.48. The number of nitriles is 1. The van der Waals surface area contributed by atoms with E-state index in [2.05, 4.69) is 10.4 Å². The molecule has 1 aromatic heterocycles. The molecule has 2 atom stereocenters. The number of alkyl halides is 3. The van der Waals surface area contributed by atoms with Crippen molar-refractivity contribution in [3.63, 3.8) is 0 Å². The van der Waals surface area contributed by atoms with Gasteiger partial charge in [0.25, 0.3) is 0 Å². The van der Waals surface area contributed by atoms with Crippen molar-refractivity contribution in [1.82, 2.24) is 15.1 Å². The Bertz CT molecular complexity index is 586. The predicted molar refractivity (Wildman–Crippen MR) is 74.0 cm³/mol. The first-order valence-corrected chi connectivity index (χ1v) is 6.84. The van der Waals surface area contributed by atoms with Crippen molar-refractivity contribution >= 4 is 5.91 Å². The van der Waals surface area contributed by atoms with E-state index in [9.17, 15) is 18.0 Å². The fourth-order valence-corrected chi connectivity index (χ4v) is 2.35. The molecule has 5 nitrogen and oxygen atoms in total. The van der Waals surface area contributed by atoms with Crippen molar-refractivity contribution in [3.8, 4) is 6.07 Å². The van der Waals surface area contributed by atoms with Crippen LogP contribution < -0.4 is 5.32 Å². The summed E-state index contributed by atoms with van der Waals surface area (Å²) >= 11 is 0. The third-order valence-corrected chi connectivity index (χ3v) is 3.38. The molecular weight excluding hydrogens is 297 g/mol. The standard InChI is InChI=1S/C14H19F3N4O/c1-8(5-6-18)19-13(22)9(2)12-10(3)20-21(11(12)4)7-14(15,16)17/h8-9H,5,7H2,1-4H3,(H,19,22). The highest BCUT2D eigenvalue weighted by Crippen LogP contribution is 2.26. The van der Waals surface area contributed by atoms with E-state index in [1.165, 1.54) is 6.92 Å². The Balaban J connectivity index is 2.97. The number of aryl methyl sites for hydroxylation is 1. The molecule has 1 heterocycles. The zero-order valence-electron chi connectivity index (χ0n) is 13.0. The maximum absolute atomic E-state index is 12.5. The molecule has 2 unspecified atom stereocenters. The number of nitrogens with zero attached hydrogens (tertiary/aromatic N) is 3. The van der Waals surface area contributed by atoms with Crippen LogP contribution in [-0.4, -0.2) is 27.9 Å². The molecule has 0 aliphatic rings. The zero-order chi connectivity index (χ0) is 17.1. The second kappa shape index (κ2) is 6.81. The van der Waals surface area contributed by atoms with Gasteiger partial charge in [0.1, 0.15) is 6.54 Å². The summed E-state index contributed by atoms with van der Waals surface area (Å²) in [5.41, 5.74) is 1.22. The second-order valence-electron chi connectivity index (χ2n) is 5.35. The summed E-state index contributed by atoms with van der Waals surface area (Å²) in [7, 11) is 0. The van der Waals surface area contributed by atoms with E-state index in [0.29, 0.717) is 17.0 Å². The molecule has 0 bridgehead atoms. The molecule has 1 rings (SSSR count). The van der Waals surface area contributed by atoms with Gasteiger partial charge in [-0.2, -0.15) is 23.5 Å². The average molecular weight is 316 g/mol. The van der Waals surface area contributed by atoms with E-state index >= 15 is 0 Å². The minimum Gasteiger partial charge on any atom is -0.352 e. The normalized spacial score (nSPS) is 14.3. The van der Waals surface area contributed by atoms with Crippen molar-refractivity contribution in [2.75, 3.05) is 0 Å². The summed E-state index contributed by atoms with van der Waals surface area (Å²) in [6.07, 6.45) is -4.20. The lowest BCUT2D eigenvalue weighted by molar-refractivity contribution is -0.143. The second-order valence-corrected chi connectivity index (χ2v) is 5.35. The van der Waals surface area contributed by atoms with Gasteiger partial charge in [-0.15, -0.1) is 0 Å². The molecule has 0 aliphatic carbocycles. The maximum atomic E-state index is 12.5. The fraction of sp³-hybridized carbons (Fsp3) is 0.643. The van der Waals surface area contributed by atoms with Crippen LogP contribution >= 0.6 is 0 Å². The molecule has 0 fully saturated rings. The van der Waals surface area contributed by atoms with Gasteiger partial charge in [0.2, 0.25) is 5.91 Å². The third-order valence-electron chi connectivity index (χ3n) is 3.38. The van der Waals surface area contributed by atoms with Crippen LogP contribution in [0.15, 0.2) is 0 Å². The number of halogens is 3. The van der Waals surface area contributed by atoms with Gasteiger partial charge in [-0.25, -0.2) is 0 Å². The predicted octanol–water partition coefficient (Wildman–Crippen LogP) is 2.58. The SMILES string of the molecule is Cc1nn(CC(F)(F)F)c(C)c1C(C)C(=O)NC(C)CC#N. The van der Waals surface area contributed by atoms with Crippen molar-refractivity contribution < 1.29 is 18.0 Å². The van der Waals surface area contributed by atoms with Crippen molar-refractivity contribution in [1.29, 1.82) is 5.26 Å². The summed E-state index contributed by atoms with van der Waals surface area (Å²) in [4.78, 5) is 12.1. The van der Waals surface area contributed by atoms with Gasteiger partial charge in [0.05, 0.1) is 24.1 Å². The number of nitrogens with one attached hydrogen (secondary N) is 1. The van der Waals surface area contributed by atoms with Gasteiger partial charge in [-0.05, 0) is 27.7 Å². The number of hydrogen-bond donors (Lipinski definition) is 1. The molecular formula is C14H19F3N4O. The lowest BCUT2D eigenvalue weighted by Crippen LogP contribution is -2.35. The van der Waals surface area contributed by atoms with Crippen LogP contribution in [0.1, 0.15) is 43.1 Å². The molecule has 22 heavy (non-hydrogen) atoms. The van der Waals surface area contributed by atoms with Gasteiger partial charge in [-0.3, -0.25) is 9.48 Å². The number of amides is 1. The summed E-state index contributed by atoms with van der Waals surface area (Å²) in [6.45, 7) is 5.23. The zero-order valence-corrected chi connectivity index (χ0v) is 13.0. The Hall–Kier alpha value is -2.04. The topological polar surface area (TPSA) is 70.7 Å². The number of hydrogen-bond acceptors (Lipinski definition) is 3. The first kappa shape index (κ1) is 18.0. The summed E-state index contributed by atoms with van der Waals surface area (Å²) in [5.74, 6) is -0.969. The Kier molecular flexibility index (Phi) is 5.58. The lowest BCUT2D eigenvalue weighted by Gasteiger charge is -2.16. The summed E-state index contributed by atoms with van der Waals surface area (Å²) < 4.78 is 38.4. The Morgan fingerprint density at radius 1 is 1.41 bits per heavy atom. The first-order valence-electron chi connectivity index (χ1n) is 6.84. The van der Waals surface area contributed by atoms with Gasteiger partial charge in [0, 0.05) is 17.3 Å². The quantitative estimate of drug-likeness (QED) is 0.907. The number of rotatable bonds is 5. The van der Waals surface area contributed by atoms with E-state index in [0.717, 1.165) is 4.68 Å². The van der Waals surface area contributed by atoms with Crippen LogP contribution in [0.5, 0.6) is 0 Å². The smallest absolute Gasteiger partial charge is 0.352 e. The Morgan fingerprint density at radius 3 is 2.50 bits per heavy atom. The van der Waals surface area contributed by atoms with Crippen LogP contribution in [-0.2, 0) is 11.3 Å². The fourth-order valence-electron chi connectivity index (χ4n) is 2.35. The first-order chi connectivity index (χ1) is 10.1. The molecule has 8 heteroatoms.